The SMILES string of the molecule is CCc1ccc(NC(N)=NCCC(=O)NC2CCCCC2)cc1. The fourth-order valence-electron chi connectivity index (χ4n) is 2.84. The van der Waals surface area contributed by atoms with Crippen molar-refractivity contribution in [3.63, 3.8) is 0 Å². The number of anilines is 1. The molecule has 1 aliphatic carbocycles. The molecule has 0 saturated heterocycles. The summed E-state index contributed by atoms with van der Waals surface area (Å²) in [7, 11) is 0. The second-order valence-electron chi connectivity index (χ2n) is 6.09. The molecule has 4 N–H and O–H groups in total. The standard InChI is InChI=1S/C18H28N4O/c1-2-14-8-10-16(11-9-14)22-18(19)20-13-12-17(23)21-15-6-4-3-5-7-15/h8-11,15H,2-7,12-13H2,1H3,(H,21,23)(H3,19,20,22). The number of nitrogens with one attached hydrogen (secondary N) is 2. The first-order valence-corrected chi connectivity index (χ1v) is 8.62. The largest absolute Gasteiger partial charge is 0.370 e. The van der Waals surface area contributed by atoms with Gasteiger partial charge in [-0.15, -0.1) is 0 Å². The van der Waals surface area contributed by atoms with Crippen LogP contribution in [0, 0.1) is 0 Å². The molecule has 0 unspecified atom stereocenters. The monoisotopic (exact) mass is 316 g/mol. The molecule has 0 spiro atoms. The molecule has 1 aliphatic rings. The number of nitrogens with two attached hydrogens (primary N) is 1. The number of guanidine groups is 1. The van der Waals surface area contributed by atoms with Gasteiger partial charge in [0, 0.05) is 18.2 Å². The van der Waals surface area contributed by atoms with Crippen molar-refractivity contribution in [2.45, 2.75) is 57.9 Å². The van der Waals surface area contributed by atoms with E-state index in [1.807, 2.05) is 12.1 Å². The molecule has 0 bridgehead atoms. The zero-order chi connectivity index (χ0) is 16.5. The molecule has 0 atom stereocenters. The van der Waals surface area contributed by atoms with Gasteiger partial charge in [-0.1, -0.05) is 38.3 Å². The van der Waals surface area contributed by atoms with Crippen molar-refractivity contribution in [2.75, 3.05) is 11.9 Å². The van der Waals surface area contributed by atoms with Crippen LogP contribution in [0.25, 0.3) is 0 Å². The van der Waals surface area contributed by atoms with E-state index in [2.05, 4.69) is 34.7 Å². The molecule has 0 radical (unpaired) electrons. The Morgan fingerprint density at radius 3 is 2.57 bits per heavy atom. The fraction of sp³-hybridized carbons (Fsp3) is 0.556. The van der Waals surface area contributed by atoms with Gasteiger partial charge >= 0.3 is 0 Å². The number of hydrogen-bond acceptors (Lipinski definition) is 2. The Bertz CT molecular complexity index is 518. The fourth-order valence-corrected chi connectivity index (χ4v) is 2.84. The van der Waals surface area contributed by atoms with E-state index >= 15 is 0 Å². The molecule has 0 heterocycles. The molecular formula is C18H28N4O. The maximum atomic E-state index is 11.9. The third-order valence-electron chi connectivity index (χ3n) is 4.23. The molecule has 2 rings (SSSR count). The van der Waals surface area contributed by atoms with E-state index in [1.165, 1.54) is 24.8 Å². The van der Waals surface area contributed by atoms with E-state index < -0.39 is 0 Å². The maximum Gasteiger partial charge on any atom is 0.222 e. The van der Waals surface area contributed by atoms with E-state index in [0.29, 0.717) is 25.0 Å². The van der Waals surface area contributed by atoms with Gasteiger partial charge in [-0.2, -0.15) is 0 Å². The van der Waals surface area contributed by atoms with Crippen LogP contribution in [0.15, 0.2) is 29.3 Å². The summed E-state index contributed by atoms with van der Waals surface area (Å²) in [5.74, 6) is 0.417. The highest BCUT2D eigenvalue weighted by Gasteiger charge is 2.15. The number of amides is 1. The average molecular weight is 316 g/mol. The van der Waals surface area contributed by atoms with E-state index in [1.54, 1.807) is 0 Å². The predicted octanol–water partition coefficient (Wildman–Crippen LogP) is 2.81. The Balaban J connectivity index is 1.70. The lowest BCUT2D eigenvalue weighted by Gasteiger charge is -2.22. The molecule has 1 aromatic rings. The quantitative estimate of drug-likeness (QED) is 0.558. The second-order valence-corrected chi connectivity index (χ2v) is 6.09. The minimum atomic E-state index is 0.0701. The first-order chi connectivity index (χ1) is 11.2. The number of nitrogens with zero attached hydrogens (tertiary/aromatic N) is 1. The maximum absolute atomic E-state index is 11.9. The molecule has 0 aromatic heterocycles. The van der Waals surface area contributed by atoms with Crippen LogP contribution in [0.3, 0.4) is 0 Å². The van der Waals surface area contributed by atoms with Gasteiger partial charge in [0.15, 0.2) is 5.96 Å². The highest BCUT2D eigenvalue weighted by molar-refractivity contribution is 5.92. The van der Waals surface area contributed by atoms with Gasteiger partial charge in [-0.05, 0) is 37.0 Å². The highest BCUT2D eigenvalue weighted by atomic mass is 16.1. The van der Waals surface area contributed by atoms with Crippen LogP contribution in [-0.4, -0.2) is 24.5 Å². The highest BCUT2D eigenvalue weighted by Crippen LogP contribution is 2.17. The van der Waals surface area contributed by atoms with Gasteiger partial charge in [0.1, 0.15) is 0 Å². The first-order valence-electron chi connectivity index (χ1n) is 8.62. The van der Waals surface area contributed by atoms with Crippen LogP contribution in [0.1, 0.15) is 51.0 Å². The Labute approximate surface area is 138 Å². The van der Waals surface area contributed by atoms with E-state index in [9.17, 15) is 4.79 Å². The Kier molecular flexibility index (Phi) is 6.91. The van der Waals surface area contributed by atoms with Crippen molar-refractivity contribution in [1.29, 1.82) is 0 Å². The number of benzene rings is 1. The zero-order valence-corrected chi connectivity index (χ0v) is 14.0. The number of carbonyl (C=O) groups is 1. The molecule has 23 heavy (non-hydrogen) atoms. The van der Waals surface area contributed by atoms with Gasteiger partial charge in [0.25, 0.3) is 0 Å². The van der Waals surface area contributed by atoms with Gasteiger partial charge in [-0.25, -0.2) is 0 Å². The molecule has 5 nitrogen and oxygen atoms in total. The summed E-state index contributed by atoms with van der Waals surface area (Å²) in [5, 5.41) is 6.13. The topological polar surface area (TPSA) is 79.5 Å². The zero-order valence-electron chi connectivity index (χ0n) is 14.0. The molecule has 1 amide bonds. The second kappa shape index (κ2) is 9.18. The third kappa shape index (κ3) is 6.30. The Morgan fingerprint density at radius 2 is 1.91 bits per heavy atom. The lowest BCUT2D eigenvalue weighted by Crippen LogP contribution is -2.36. The molecule has 1 fully saturated rings. The van der Waals surface area contributed by atoms with Gasteiger partial charge < -0.3 is 16.4 Å². The van der Waals surface area contributed by atoms with Crippen molar-refractivity contribution in [2.24, 2.45) is 10.7 Å². The van der Waals surface area contributed by atoms with Crippen LogP contribution in [0.4, 0.5) is 5.69 Å². The number of carbonyl (C=O) groups excluding carboxylic acids is 1. The van der Waals surface area contributed by atoms with Gasteiger partial charge in [0.05, 0.1) is 6.54 Å². The third-order valence-corrected chi connectivity index (χ3v) is 4.23. The number of aliphatic imine (C=N–C) groups is 1. The predicted molar refractivity (Wildman–Crippen MR) is 95.6 cm³/mol. The minimum absolute atomic E-state index is 0.0701. The molecule has 5 heteroatoms. The van der Waals surface area contributed by atoms with E-state index in [0.717, 1.165) is 24.9 Å². The Hall–Kier alpha value is -2.04. The van der Waals surface area contributed by atoms with Crippen LogP contribution >= 0.6 is 0 Å². The van der Waals surface area contributed by atoms with Gasteiger partial charge in [-0.3, -0.25) is 9.79 Å². The Morgan fingerprint density at radius 1 is 1.22 bits per heavy atom. The van der Waals surface area contributed by atoms with Crippen LogP contribution in [-0.2, 0) is 11.2 Å². The summed E-state index contributed by atoms with van der Waals surface area (Å²) in [6.07, 6.45) is 7.33. The van der Waals surface area contributed by atoms with E-state index in [-0.39, 0.29) is 5.91 Å². The number of aryl methyl sites for hydroxylation is 1. The summed E-state index contributed by atoms with van der Waals surface area (Å²) in [5.41, 5.74) is 8.05. The number of rotatable bonds is 6. The molecule has 1 saturated carbocycles. The van der Waals surface area contributed by atoms with Crippen molar-refractivity contribution in [3.8, 4) is 0 Å². The minimum Gasteiger partial charge on any atom is -0.370 e. The molecule has 126 valence electrons. The van der Waals surface area contributed by atoms with Crippen LogP contribution in [0.2, 0.25) is 0 Å². The van der Waals surface area contributed by atoms with Crippen molar-refractivity contribution in [1.82, 2.24) is 5.32 Å². The smallest absolute Gasteiger partial charge is 0.222 e. The van der Waals surface area contributed by atoms with Crippen molar-refractivity contribution in [3.05, 3.63) is 29.8 Å². The van der Waals surface area contributed by atoms with Crippen molar-refractivity contribution >= 4 is 17.6 Å². The van der Waals surface area contributed by atoms with E-state index in [4.69, 9.17) is 5.73 Å². The van der Waals surface area contributed by atoms with Crippen molar-refractivity contribution < 1.29 is 4.79 Å². The van der Waals surface area contributed by atoms with Crippen LogP contribution < -0.4 is 16.4 Å². The summed E-state index contributed by atoms with van der Waals surface area (Å²) >= 11 is 0. The lowest BCUT2D eigenvalue weighted by molar-refractivity contribution is -0.121. The molecule has 0 aliphatic heterocycles. The first kappa shape index (κ1) is 17.3. The van der Waals surface area contributed by atoms with Crippen LogP contribution in [0.5, 0.6) is 0 Å². The normalized spacial score (nSPS) is 16.1. The number of hydrogen-bond donors (Lipinski definition) is 3. The molecular weight excluding hydrogens is 288 g/mol. The summed E-state index contributed by atoms with van der Waals surface area (Å²) < 4.78 is 0. The average Bonchev–Trinajstić information content (AvgIpc) is 2.56. The summed E-state index contributed by atoms with van der Waals surface area (Å²) in [6, 6.07) is 8.45. The van der Waals surface area contributed by atoms with Gasteiger partial charge in [0.2, 0.25) is 5.91 Å². The summed E-state index contributed by atoms with van der Waals surface area (Å²) in [4.78, 5) is 16.1. The summed E-state index contributed by atoms with van der Waals surface area (Å²) in [6.45, 7) is 2.53. The lowest BCUT2D eigenvalue weighted by atomic mass is 9.95. The molecule has 1 aromatic carbocycles.